The van der Waals surface area contributed by atoms with Gasteiger partial charge in [0, 0.05) is 5.69 Å². The molecular formula is C16H15FN2O3S. The van der Waals surface area contributed by atoms with Crippen molar-refractivity contribution in [2.24, 2.45) is 0 Å². The van der Waals surface area contributed by atoms with E-state index in [0.29, 0.717) is 11.3 Å². The quantitative estimate of drug-likeness (QED) is 0.868. The van der Waals surface area contributed by atoms with E-state index in [0.717, 1.165) is 6.07 Å². The van der Waals surface area contributed by atoms with E-state index in [2.05, 4.69) is 4.72 Å². The van der Waals surface area contributed by atoms with Crippen LogP contribution in [0.15, 0.2) is 53.4 Å². The Labute approximate surface area is 133 Å². The maximum absolute atomic E-state index is 13.8. The molecule has 0 bridgehead atoms. The van der Waals surface area contributed by atoms with Crippen LogP contribution in [0.5, 0.6) is 0 Å². The summed E-state index contributed by atoms with van der Waals surface area (Å²) in [7, 11) is -4.08. The predicted molar refractivity (Wildman–Crippen MR) is 84.0 cm³/mol. The molecule has 1 fully saturated rings. The van der Waals surface area contributed by atoms with Gasteiger partial charge in [-0.25, -0.2) is 12.8 Å². The summed E-state index contributed by atoms with van der Waals surface area (Å²) < 4.78 is 40.6. The Balaban J connectivity index is 1.76. The van der Waals surface area contributed by atoms with Crippen LogP contribution in [0.2, 0.25) is 0 Å². The van der Waals surface area contributed by atoms with Gasteiger partial charge in [0.25, 0.3) is 0 Å². The number of para-hydroxylation sites is 1. The lowest BCUT2D eigenvalue weighted by Crippen LogP contribution is -2.64. The molecule has 0 radical (unpaired) electrons. The number of carbonyl (C=O) groups excluding carboxylic acids is 1. The number of sulfonamides is 1. The predicted octanol–water partition coefficient (Wildman–Crippen LogP) is 1.83. The monoisotopic (exact) mass is 334 g/mol. The molecule has 7 heteroatoms. The number of nitrogens with one attached hydrogen (secondary N) is 1. The maximum atomic E-state index is 13.8. The average Bonchev–Trinajstić information content (AvgIpc) is 2.53. The van der Waals surface area contributed by atoms with E-state index < -0.39 is 26.8 Å². The molecule has 23 heavy (non-hydrogen) atoms. The van der Waals surface area contributed by atoms with Gasteiger partial charge >= 0.3 is 0 Å². The largest absolute Gasteiger partial charge is 0.309 e. The molecule has 0 aromatic heterocycles. The third-order valence-corrected chi connectivity index (χ3v) is 5.16. The summed E-state index contributed by atoms with van der Waals surface area (Å²) >= 11 is 0. The zero-order chi connectivity index (χ0) is 16.6. The van der Waals surface area contributed by atoms with E-state index in [1.165, 1.54) is 17.0 Å². The molecule has 0 saturated carbocycles. The van der Waals surface area contributed by atoms with Gasteiger partial charge in [-0.1, -0.05) is 24.3 Å². The number of nitrogens with zero attached hydrogens (tertiary/aromatic N) is 1. The molecule has 2 aromatic carbocycles. The van der Waals surface area contributed by atoms with Gasteiger partial charge in [-0.15, -0.1) is 0 Å². The summed E-state index contributed by atoms with van der Waals surface area (Å²) in [5.41, 5.74) is 1.33. The Morgan fingerprint density at radius 1 is 1.17 bits per heavy atom. The average molecular weight is 334 g/mol. The number of hydrogen-bond acceptors (Lipinski definition) is 3. The van der Waals surface area contributed by atoms with Crippen LogP contribution in [0.4, 0.5) is 10.1 Å². The Morgan fingerprint density at radius 2 is 1.87 bits per heavy atom. The molecule has 0 aliphatic carbocycles. The highest BCUT2D eigenvalue weighted by Gasteiger charge is 2.40. The zero-order valence-electron chi connectivity index (χ0n) is 12.4. The third kappa shape index (κ3) is 2.97. The van der Waals surface area contributed by atoms with Gasteiger partial charge in [-0.3, -0.25) is 4.79 Å². The van der Waals surface area contributed by atoms with Crippen LogP contribution >= 0.6 is 0 Å². The molecule has 5 nitrogen and oxygen atoms in total. The fourth-order valence-electron chi connectivity index (χ4n) is 2.42. The van der Waals surface area contributed by atoms with Crippen LogP contribution in [-0.4, -0.2) is 26.9 Å². The lowest BCUT2D eigenvalue weighted by molar-refractivity contribution is -0.124. The second-order valence-corrected chi connectivity index (χ2v) is 7.07. The first-order valence-corrected chi connectivity index (χ1v) is 8.52. The van der Waals surface area contributed by atoms with Crippen molar-refractivity contribution in [3.05, 3.63) is 59.9 Å². The topological polar surface area (TPSA) is 66.5 Å². The molecule has 1 N–H and O–H groups in total. The van der Waals surface area contributed by atoms with Gasteiger partial charge in [-0.05, 0) is 36.8 Å². The van der Waals surface area contributed by atoms with Crippen molar-refractivity contribution in [2.75, 3.05) is 11.4 Å². The van der Waals surface area contributed by atoms with Crippen molar-refractivity contribution < 1.29 is 17.6 Å². The number of carbonyl (C=O) groups is 1. The molecule has 0 spiro atoms. The fourth-order valence-corrected chi connectivity index (χ4v) is 3.76. The molecule has 1 saturated heterocycles. The number of benzene rings is 2. The lowest BCUT2D eigenvalue weighted by Gasteiger charge is -2.38. The fraction of sp³-hybridized carbons (Fsp3) is 0.188. The van der Waals surface area contributed by atoms with E-state index in [1.54, 1.807) is 31.2 Å². The van der Waals surface area contributed by atoms with E-state index in [1.807, 2.05) is 6.07 Å². The van der Waals surface area contributed by atoms with Crippen LogP contribution in [0.1, 0.15) is 5.56 Å². The first-order valence-electron chi connectivity index (χ1n) is 7.03. The Morgan fingerprint density at radius 3 is 2.52 bits per heavy atom. The molecule has 1 aliphatic rings. The highest BCUT2D eigenvalue weighted by Crippen LogP contribution is 2.23. The summed E-state index contributed by atoms with van der Waals surface area (Å²) in [6.45, 7) is 1.89. The van der Waals surface area contributed by atoms with Crippen LogP contribution < -0.4 is 9.62 Å². The summed E-state index contributed by atoms with van der Waals surface area (Å²) in [6.07, 6.45) is 0. The number of amides is 1. The van der Waals surface area contributed by atoms with Crippen molar-refractivity contribution in [1.82, 2.24) is 4.72 Å². The SMILES string of the molecule is Cc1ccc(F)c(S(=O)(=O)N[C@@H]2CN(c3ccccc3)C2=O)c1. The van der Waals surface area contributed by atoms with Gasteiger partial charge in [0.15, 0.2) is 0 Å². The van der Waals surface area contributed by atoms with Gasteiger partial charge in [0.2, 0.25) is 15.9 Å². The van der Waals surface area contributed by atoms with Crippen molar-refractivity contribution in [3.8, 4) is 0 Å². The second kappa shape index (κ2) is 5.75. The molecule has 1 amide bonds. The van der Waals surface area contributed by atoms with Gasteiger partial charge < -0.3 is 4.90 Å². The van der Waals surface area contributed by atoms with Gasteiger partial charge in [0.05, 0.1) is 6.54 Å². The van der Waals surface area contributed by atoms with Crippen molar-refractivity contribution in [3.63, 3.8) is 0 Å². The van der Waals surface area contributed by atoms with Crippen LogP contribution in [0.3, 0.4) is 0 Å². The van der Waals surface area contributed by atoms with Crippen LogP contribution in [-0.2, 0) is 14.8 Å². The molecule has 1 atom stereocenters. The summed E-state index contributed by atoms with van der Waals surface area (Å²) in [5.74, 6) is -1.19. The third-order valence-electron chi connectivity index (χ3n) is 3.67. The summed E-state index contributed by atoms with van der Waals surface area (Å²) in [6, 6.07) is 11.9. The summed E-state index contributed by atoms with van der Waals surface area (Å²) in [4.78, 5) is 13.2. The van der Waals surface area contributed by atoms with Gasteiger partial charge in [-0.2, -0.15) is 4.72 Å². The van der Waals surface area contributed by atoms with E-state index in [4.69, 9.17) is 0 Å². The summed E-state index contributed by atoms with van der Waals surface area (Å²) in [5, 5.41) is 0. The number of β-lactam (4-membered cyclic amide) rings is 1. The minimum absolute atomic E-state index is 0.218. The smallest absolute Gasteiger partial charge is 0.247 e. The molecule has 120 valence electrons. The zero-order valence-corrected chi connectivity index (χ0v) is 13.2. The number of halogens is 1. The van der Waals surface area contributed by atoms with Crippen molar-refractivity contribution in [2.45, 2.75) is 17.9 Å². The molecule has 1 heterocycles. The number of rotatable bonds is 4. The first kappa shape index (κ1) is 15.6. The minimum Gasteiger partial charge on any atom is -0.309 e. The molecule has 1 aliphatic heterocycles. The first-order chi connectivity index (χ1) is 10.9. The number of anilines is 1. The maximum Gasteiger partial charge on any atom is 0.247 e. The number of aryl methyl sites for hydroxylation is 1. The molecular weight excluding hydrogens is 319 g/mol. The Kier molecular flexibility index (Phi) is 3.91. The van der Waals surface area contributed by atoms with Gasteiger partial charge in [0.1, 0.15) is 16.8 Å². The lowest BCUT2D eigenvalue weighted by atomic mass is 10.1. The van der Waals surface area contributed by atoms with Crippen molar-refractivity contribution >= 4 is 21.6 Å². The standard InChI is InChI=1S/C16H15FN2O3S/c1-11-7-8-13(17)15(9-11)23(21,22)18-14-10-19(16(14)20)12-5-3-2-4-6-12/h2-9,14,18H,10H2,1H3/t14-/m1/s1. The molecule has 0 unspecified atom stereocenters. The molecule has 3 rings (SSSR count). The van der Waals surface area contributed by atoms with E-state index in [9.17, 15) is 17.6 Å². The Bertz CT molecular complexity index is 853. The second-order valence-electron chi connectivity index (χ2n) is 5.39. The Hall–Kier alpha value is -2.25. The van der Waals surface area contributed by atoms with E-state index >= 15 is 0 Å². The molecule has 2 aromatic rings. The number of hydrogen-bond donors (Lipinski definition) is 1. The van der Waals surface area contributed by atoms with E-state index in [-0.39, 0.29) is 12.5 Å². The van der Waals surface area contributed by atoms with Crippen molar-refractivity contribution in [1.29, 1.82) is 0 Å². The highest BCUT2D eigenvalue weighted by molar-refractivity contribution is 7.89. The highest BCUT2D eigenvalue weighted by atomic mass is 32.2. The normalized spacial score (nSPS) is 17.9. The minimum atomic E-state index is -4.08. The van der Waals surface area contributed by atoms with Crippen LogP contribution in [0, 0.1) is 12.7 Å². The van der Waals surface area contributed by atoms with Crippen LogP contribution in [0.25, 0.3) is 0 Å².